The maximum atomic E-state index is 13.1. The summed E-state index contributed by atoms with van der Waals surface area (Å²) in [6.07, 6.45) is -4.47. The Morgan fingerprint density at radius 3 is 2.56 bits per heavy atom. The Bertz CT molecular complexity index is 426. The highest BCUT2D eigenvalue weighted by molar-refractivity contribution is 5.48. The molecule has 1 rings (SSSR count). The molecule has 0 saturated heterocycles. The van der Waals surface area contributed by atoms with Crippen molar-refractivity contribution in [1.29, 1.82) is 0 Å². The Balaban J connectivity index is 2.93. The molecule has 16 heavy (non-hydrogen) atoms. The van der Waals surface area contributed by atoms with Crippen molar-refractivity contribution in [3.8, 4) is 11.8 Å². The summed E-state index contributed by atoms with van der Waals surface area (Å²) in [6, 6.07) is 2.21. The summed E-state index contributed by atoms with van der Waals surface area (Å²) < 4.78 is 50.0. The highest BCUT2D eigenvalue weighted by atomic mass is 19.4. The molecule has 1 aromatic rings. The van der Waals surface area contributed by atoms with Crippen LogP contribution in [0, 0.1) is 17.7 Å². The zero-order chi connectivity index (χ0) is 12.2. The maximum absolute atomic E-state index is 13.1. The third kappa shape index (κ3) is 3.16. The van der Waals surface area contributed by atoms with E-state index in [2.05, 4.69) is 17.2 Å². The first kappa shape index (κ1) is 12.4. The molecule has 0 unspecified atom stereocenters. The van der Waals surface area contributed by atoms with Crippen molar-refractivity contribution < 1.29 is 17.6 Å². The predicted molar refractivity (Wildman–Crippen MR) is 53.3 cm³/mol. The molecular formula is C11H9F4N. The number of halogens is 4. The Hall–Kier alpha value is -1.70. The topological polar surface area (TPSA) is 12.0 Å². The molecule has 0 fully saturated rings. The number of benzene rings is 1. The van der Waals surface area contributed by atoms with Gasteiger partial charge in [0.05, 0.1) is 17.8 Å². The van der Waals surface area contributed by atoms with Gasteiger partial charge in [0.15, 0.2) is 0 Å². The van der Waals surface area contributed by atoms with E-state index in [1.807, 2.05) is 0 Å². The number of rotatable bonds is 2. The Morgan fingerprint density at radius 2 is 2.00 bits per heavy atom. The monoisotopic (exact) mass is 231 g/mol. The summed E-state index contributed by atoms with van der Waals surface area (Å²) in [7, 11) is 0. The van der Waals surface area contributed by atoms with E-state index in [1.54, 1.807) is 6.92 Å². The van der Waals surface area contributed by atoms with E-state index in [1.165, 1.54) is 0 Å². The summed E-state index contributed by atoms with van der Waals surface area (Å²) in [5.74, 6) is 4.39. The standard InChI is InChI=1S/C11H9F4N/c1-2-3-6-16-10-7-8(11(13,14)15)4-5-9(10)12/h4-5,7,16H,6H2,1H3. The second-order valence-electron chi connectivity index (χ2n) is 2.97. The molecule has 0 atom stereocenters. The van der Waals surface area contributed by atoms with E-state index >= 15 is 0 Å². The molecule has 0 aromatic heterocycles. The van der Waals surface area contributed by atoms with E-state index < -0.39 is 17.6 Å². The molecule has 0 radical (unpaired) electrons. The normalized spacial score (nSPS) is 10.6. The number of hydrogen-bond donors (Lipinski definition) is 1. The zero-order valence-electron chi connectivity index (χ0n) is 8.45. The molecule has 0 amide bonds. The van der Waals surface area contributed by atoms with E-state index in [4.69, 9.17) is 0 Å². The molecule has 0 saturated carbocycles. The summed E-state index contributed by atoms with van der Waals surface area (Å²) in [4.78, 5) is 0. The van der Waals surface area contributed by atoms with Gasteiger partial charge < -0.3 is 5.32 Å². The third-order valence-corrected chi connectivity index (χ3v) is 1.84. The van der Waals surface area contributed by atoms with Crippen molar-refractivity contribution in [1.82, 2.24) is 0 Å². The SMILES string of the molecule is CC#CCNc1cc(C(F)(F)F)ccc1F. The fourth-order valence-electron chi connectivity index (χ4n) is 1.06. The zero-order valence-corrected chi connectivity index (χ0v) is 8.45. The van der Waals surface area contributed by atoms with Gasteiger partial charge in [-0.05, 0) is 25.1 Å². The lowest BCUT2D eigenvalue weighted by Crippen LogP contribution is -2.08. The molecule has 0 bridgehead atoms. The van der Waals surface area contributed by atoms with Crippen LogP contribution in [0.4, 0.5) is 23.2 Å². The predicted octanol–water partition coefficient (Wildman–Crippen LogP) is 3.28. The van der Waals surface area contributed by atoms with Crippen LogP contribution in [0.2, 0.25) is 0 Å². The van der Waals surface area contributed by atoms with Gasteiger partial charge in [0.25, 0.3) is 0 Å². The molecule has 1 aromatic carbocycles. The lowest BCUT2D eigenvalue weighted by molar-refractivity contribution is -0.137. The summed E-state index contributed by atoms with van der Waals surface area (Å²) in [5.41, 5.74) is -1.08. The first-order chi connectivity index (χ1) is 7.45. The summed E-state index contributed by atoms with van der Waals surface area (Å²) >= 11 is 0. The van der Waals surface area contributed by atoms with Crippen LogP contribution in [0.3, 0.4) is 0 Å². The Morgan fingerprint density at radius 1 is 1.31 bits per heavy atom. The quantitative estimate of drug-likeness (QED) is 0.608. The highest BCUT2D eigenvalue weighted by Gasteiger charge is 2.31. The minimum atomic E-state index is -4.47. The lowest BCUT2D eigenvalue weighted by Gasteiger charge is -2.10. The maximum Gasteiger partial charge on any atom is 0.416 e. The van der Waals surface area contributed by atoms with Gasteiger partial charge in [0.1, 0.15) is 5.82 Å². The molecule has 1 nitrogen and oxygen atoms in total. The van der Waals surface area contributed by atoms with Gasteiger partial charge in [-0.15, -0.1) is 5.92 Å². The van der Waals surface area contributed by atoms with Gasteiger partial charge in [-0.25, -0.2) is 4.39 Å². The van der Waals surface area contributed by atoms with Crippen LogP contribution in [0.5, 0.6) is 0 Å². The largest absolute Gasteiger partial charge is 0.416 e. The van der Waals surface area contributed by atoms with Gasteiger partial charge in [-0.1, -0.05) is 5.92 Å². The molecule has 0 spiro atoms. The lowest BCUT2D eigenvalue weighted by atomic mass is 10.2. The molecule has 0 heterocycles. The van der Waals surface area contributed by atoms with E-state index in [9.17, 15) is 17.6 Å². The first-order valence-corrected chi connectivity index (χ1v) is 4.45. The van der Waals surface area contributed by atoms with E-state index in [-0.39, 0.29) is 12.2 Å². The van der Waals surface area contributed by atoms with E-state index in [0.717, 1.165) is 12.1 Å². The average Bonchev–Trinajstić information content (AvgIpc) is 2.19. The second kappa shape index (κ2) is 4.88. The van der Waals surface area contributed by atoms with Gasteiger partial charge in [-0.3, -0.25) is 0 Å². The molecule has 0 aliphatic heterocycles. The Kier molecular flexibility index (Phi) is 3.78. The highest BCUT2D eigenvalue weighted by Crippen LogP contribution is 2.31. The van der Waals surface area contributed by atoms with Crippen molar-refractivity contribution in [2.75, 3.05) is 11.9 Å². The number of alkyl halides is 3. The van der Waals surface area contributed by atoms with Crippen molar-refractivity contribution in [2.24, 2.45) is 0 Å². The number of anilines is 1. The Labute approximate surface area is 90.5 Å². The molecule has 1 N–H and O–H groups in total. The van der Waals surface area contributed by atoms with Gasteiger partial charge >= 0.3 is 6.18 Å². The molecule has 0 aliphatic carbocycles. The van der Waals surface area contributed by atoms with Crippen molar-refractivity contribution in [3.05, 3.63) is 29.6 Å². The fourth-order valence-corrected chi connectivity index (χ4v) is 1.06. The van der Waals surface area contributed by atoms with Gasteiger partial charge in [-0.2, -0.15) is 13.2 Å². The van der Waals surface area contributed by atoms with E-state index in [0.29, 0.717) is 6.07 Å². The minimum absolute atomic E-state index is 0.106. The van der Waals surface area contributed by atoms with Crippen LogP contribution in [-0.2, 0) is 6.18 Å². The fraction of sp³-hybridized carbons (Fsp3) is 0.273. The molecule has 0 aliphatic rings. The van der Waals surface area contributed by atoms with Crippen LogP contribution in [-0.4, -0.2) is 6.54 Å². The number of nitrogens with one attached hydrogen (secondary N) is 1. The summed E-state index contributed by atoms with van der Waals surface area (Å²) in [5, 5.41) is 2.48. The van der Waals surface area contributed by atoms with Gasteiger partial charge in [0.2, 0.25) is 0 Å². The average molecular weight is 231 g/mol. The van der Waals surface area contributed by atoms with Crippen LogP contribution < -0.4 is 5.32 Å². The van der Waals surface area contributed by atoms with Crippen LogP contribution in [0.25, 0.3) is 0 Å². The van der Waals surface area contributed by atoms with Crippen LogP contribution in [0.1, 0.15) is 12.5 Å². The van der Waals surface area contributed by atoms with Crippen LogP contribution >= 0.6 is 0 Å². The molecule has 5 heteroatoms. The van der Waals surface area contributed by atoms with Crippen molar-refractivity contribution in [2.45, 2.75) is 13.1 Å². The minimum Gasteiger partial charge on any atom is -0.372 e. The molecule has 86 valence electrons. The van der Waals surface area contributed by atoms with Crippen molar-refractivity contribution in [3.63, 3.8) is 0 Å². The third-order valence-electron chi connectivity index (χ3n) is 1.84. The molecular weight excluding hydrogens is 222 g/mol. The first-order valence-electron chi connectivity index (χ1n) is 4.45. The smallest absolute Gasteiger partial charge is 0.372 e. The van der Waals surface area contributed by atoms with Crippen molar-refractivity contribution >= 4 is 5.69 Å². The van der Waals surface area contributed by atoms with Crippen LogP contribution in [0.15, 0.2) is 18.2 Å². The van der Waals surface area contributed by atoms with Gasteiger partial charge in [0, 0.05) is 0 Å². The number of hydrogen-bond acceptors (Lipinski definition) is 1. The summed E-state index contributed by atoms with van der Waals surface area (Å²) in [6.45, 7) is 1.69. The second-order valence-corrected chi connectivity index (χ2v) is 2.97.